The summed E-state index contributed by atoms with van der Waals surface area (Å²) in [7, 11) is 0. The molecule has 3 aromatic rings. The van der Waals surface area contributed by atoms with Crippen molar-refractivity contribution in [3.63, 3.8) is 0 Å². The Morgan fingerprint density at radius 3 is 2.97 bits per heavy atom. The third kappa shape index (κ3) is 4.24. The Kier molecular flexibility index (Phi) is 5.74. The molecule has 5 nitrogen and oxygen atoms in total. The quantitative estimate of drug-likeness (QED) is 0.663. The maximum absolute atomic E-state index is 12.9. The van der Waals surface area contributed by atoms with Crippen molar-refractivity contribution in [2.45, 2.75) is 58.9 Å². The van der Waals surface area contributed by atoms with Crippen molar-refractivity contribution in [1.29, 1.82) is 0 Å². The minimum absolute atomic E-state index is 0.281. The highest BCUT2D eigenvalue weighted by molar-refractivity contribution is 5.84. The second kappa shape index (κ2) is 8.44. The molecule has 1 aliphatic rings. The summed E-state index contributed by atoms with van der Waals surface area (Å²) in [6.07, 6.45) is 8.61. The molecule has 1 amide bonds. The number of carbonyl (C=O) groups is 1. The van der Waals surface area contributed by atoms with Gasteiger partial charge >= 0.3 is 0 Å². The molecule has 1 atom stereocenters. The Hall–Kier alpha value is -2.56. The van der Waals surface area contributed by atoms with Crippen LogP contribution in [0.15, 0.2) is 36.7 Å². The van der Waals surface area contributed by atoms with E-state index in [2.05, 4.69) is 58.4 Å². The van der Waals surface area contributed by atoms with Crippen LogP contribution < -0.4 is 0 Å². The Morgan fingerprint density at radius 2 is 2.14 bits per heavy atom. The van der Waals surface area contributed by atoms with E-state index in [1.165, 1.54) is 23.1 Å². The molecule has 3 heterocycles. The summed E-state index contributed by atoms with van der Waals surface area (Å²) in [4.78, 5) is 22.9. The van der Waals surface area contributed by atoms with Crippen LogP contribution in [0.1, 0.15) is 56.2 Å². The molecule has 1 aliphatic heterocycles. The van der Waals surface area contributed by atoms with E-state index in [4.69, 9.17) is 0 Å². The number of amides is 1. The van der Waals surface area contributed by atoms with Gasteiger partial charge in [0.25, 0.3) is 0 Å². The molecule has 1 fully saturated rings. The zero-order valence-corrected chi connectivity index (χ0v) is 17.8. The fourth-order valence-electron chi connectivity index (χ4n) is 4.81. The molecule has 5 heteroatoms. The fourth-order valence-corrected chi connectivity index (χ4v) is 4.81. The molecule has 1 N–H and O–H groups in total. The van der Waals surface area contributed by atoms with Crippen LogP contribution in [0.5, 0.6) is 0 Å². The molecular weight excluding hydrogens is 360 g/mol. The smallest absolute Gasteiger partial charge is 0.222 e. The van der Waals surface area contributed by atoms with E-state index in [1.807, 2.05) is 18.5 Å². The number of aromatic amines is 1. The molecule has 2 aromatic heterocycles. The van der Waals surface area contributed by atoms with Crippen LogP contribution in [0, 0.1) is 12.8 Å². The number of H-pyrrole nitrogens is 1. The predicted molar refractivity (Wildman–Crippen MR) is 117 cm³/mol. The zero-order valence-electron chi connectivity index (χ0n) is 17.8. The highest BCUT2D eigenvalue weighted by Crippen LogP contribution is 2.24. The Labute approximate surface area is 173 Å². The first kappa shape index (κ1) is 19.7. The number of nitrogens with zero attached hydrogens (tertiary/aromatic N) is 3. The summed E-state index contributed by atoms with van der Waals surface area (Å²) in [5.41, 5.74) is 3.60. The van der Waals surface area contributed by atoms with E-state index in [9.17, 15) is 4.79 Å². The van der Waals surface area contributed by atoms with Gasteiger partial charge in [0.15, 0.2) is 0 Å². The van der Waals surface area contributed by atoms with Crippen molar-refractivity contribution in [2.75, 3.05) is 13.1 Å². The number of benzene rings is 1. The topological polar surface area (TPSA) is 53.9 Å². The minimum Gasteiger partial charge on any atom is -0.361 e. The number of hydrogen-bond acceptors (Lipinski definition) is 2. The molecular formula is C24H32N4O. The number of aryl methyl sites for hydroxylation is 2. The van der Waals surface area contributed by atoms with Crippen LogP contribution in [0.3, 0.4) is 0 Å². The number of likely N-dealkylation sites (tertiary alicyclic amines) is 1. The molecule has 0 aliphatic carbocycles. The second-order valence-corrected chi connectivity index (χ2v) is 8.69. The lowest BCUT2D eigenvalue weighted by atomic mass is 9.94. The maximum atomic E-state index is 12.9. The molecule has 1 aromatic carbocycles. The monoisotopic (exact) mass is 392 g/mol. The van der Waals surface area contributed by atoms with E-state index in [-0.39, 0.29) is 5.91 Å². The first-order valence-corrected chi connectivity index (χ1v) is 10.9. The molecule has 1 unspecified atom stereocenters. The van der Waals surface area contributed by atoms with Gasteiger partial charge < -0.3 is 14.5 Å². The summed E-state index contributed by atoms with van der Waals surface area (Å²) >= 11 is 0. The van der Waals surface area contributed by atoms with Gasteiger partial charge in [0.2, 0.25) is 5.91 Å². The molecule has 4 rings (SSSR count). The number of fused-ring (bicyclic) bond motifs is 1. The number of hydrogen-bond donors (Lipinski definition) is 1. The van der Waals surface area contributed by atoms with Gasteiger partial charge in [0.1, 0.15) is 5.82 Å². The minimum atomic E-state index is 0.281. The Bertz CT molecular complexity index is 984. The molecule has 0 radical (unpaired) electrons. The van der Waals surface area contributed by atoms with Crippen molar-refractivity contribution >= 4 is 16.8 Å². The fraction of sp³-hybridized carbons (Fsp3) is 0.500. The van der Waals surface area contributed by atoms with Gasteiger partial charge in [-0.3, -0.25) is 4.79 Å². The van der Waals surface area contributed by atoms with E-state index >= 15 is 0 Å². The van der Waals surface area contributed by atoms with Crippen molar-refractivity contribution in [3.8, 4) is 0 Å². The van der Waals surface area contributed by atoms with Crippen LogP contribution in [0.4, 0.5) is 0 Å². The predicted octanol–water partition coefficient (Wildman–Crippen LogP) is 4.67. The summed E-state index contributed by atoms with van der Waals surface area (Å²) in [5.74, 6) is 1.94. The van der Waals surface area contributed by atoms with Crippen LogP contribution >= 0.6 is 0 Å². The molecule has 0 bridgehead atoms. The lowest BCUT2D eigenvalue weighted by Gasteiger charge is -2.33. The van der Waals surface area contributed by atoms with Crippen molar-refractivity contribution in [3.05, 3.63) is 53.7 Å². The molecule has 0 spiro atoms. The number of aromatic nitrogens is 3. The number of carbonyl (C=O) groups excluding carboxylic acids is 1. The highest BCUT2D eigenvalue weighted by Gasteiger charge is 2.25. The van der Waals surface area contributed by atoms with E-state index in [1.54, 1.807) is 0 Å². The number of para-hydroxylation sites is 1. The first-order valence-electron chi connectivity index (χ1n) is 10.9. The largest absolute Gasteiger partial charge is 0.361 e. The Balaban J connectivity index is 1.36. The van der Waals surface area contributed by atoms with E-state index in [0.717, 1.165) is 43.7 Å². The number of piperidine rings is 1. The number of nitrogens with one attached hydrogen (secondary N) is 1. The lowest BCUT2D eigenvalue weighted by Crippen LogP contribution is -2.40. The van der Waals surface area contributed by atoms with E-state index in [0.29, 0.717) is 18.4 Å². The summed E-state index contributed by atoms with van der Waals surface area (Å²) in [6.45, 7) is 8.29. The highest BCUT2D eigenvalue weighted by atomic mass is 16.2. The first-order chi connectivity index (χ1) is 14.0. The average molecular weight is 393 g/mol. The maximum Gasteiger partial charge on any atom is 0.222 e. The Morgan fingerprint density at radius 1 is 1.31 bits per heavy atom. The normalized spacial score (nSPS) is 17.4. The number of imidazole rings is 1. The van der Waals surface area contributed by atoms with Gasteiger partial charge in [-0.1, -0.05) is 18.2 Å². The summed E-state index contributed by atoms with van der Waals surface area (Å²) in [6, 6.07) is 8.72. The number of rotatable bonds is 6. The summed E-state index contributed by atoms with van der Waals surface area (Å²) < 4.78 is 2.33. The van der Waals surface area contributed by atoms with E-state index < -0.39 is 0 Å². The lowest BCUT2D eigenvalue weighted by molar-refractivity contribution is -0.133. The second-order valence-electron chi connectivity index (χ2n) is 8.69. The standard InChI is InChI=1S/C24H32N4O/c1-17(2)28-18(3)14-26-23(28)13-19-7-6-12-27(16-19)24(29)11-10-20-15-25-22-9-5-4-8-21(20)22/h4-5,8-9,14-15,17,19,25H,6-7,10-13,16H2,1-3H3. The van der Waals surface area contributed by atoms with Gasteiger partial charge in [0.05, 0.1) is 0 Å². The summed E-state index contributed by atoms with van der Waals surface area (Å²) in [5, 5.41) is 1.23. The van der Waals surface area contributed by atoms with Gasteiger partial charge in [0, 0.05) is 61.0 Å². The van der Waals surface area contributed by atoms with Crippen LogP contribution in [-0.2, 0) is 17.6 Å². The third-order valence-corrected chi connectivity index (χ3v) is 6.20. The van der Waals surface area contributed by atoms with Gasteiger partial charge in [-0.05, 0) is 57.6 Å². The third-order valence-electron chi connectivity index (χ3n) is 6.20. The van der Waals surface area contributed by atoms with Crippen molar-refractivity contribution in [2.24, 2.45) is 5.92 Å². The van der Waals surface area contributed by atoms with Gasteiger partial charge in [-0.15, -0.1) is 0 Å². The van der Waals surface area contributed by atoms with Crippen LogP contribution in [0.25, 0.3) is 10.9 Å². The molecule has 29 heavy (non-hydrogen) atoms. The molecule has 1 saturated heterocycles. The SMILES string of the molecule is Cc1cnc(CC2CCCN(C(=O)CCc3c[nH]c4ccccc34)C2)n1C(C)C. The van der Waals surface area contributed by atoms with Crippen LogP contribution in [0.2, 0.25) is 0 Å². The van der Waals surface area contributed by atoms with Crippen LogP contribution in [-0.4, -0.2) is 38.4 Å². The van der Waals surface area contributed by atoms with Gasteiger partial charge in [-0.25, -0.2) is 4.98 Å². The average Bonchev–Trinajstić information content (AvgIpc) is 3.29. The molecule has 154 valence electrons. The van der Waals surface area contributed by atoms with Gasteiger partial charge in [-0.2, -0.15) is 0 Å². The molecule has 0 saturated carbocycles. The zero-order chi connectivity index (χ0) is 20.4. The van der Waals surface area contributed by atoms with Crippen molar-refractivity contribution in [1.82, 2.24) is 19.4 Å². The van der Waals surface area contributed by atoms with Crippen molar-refractivity contribution < 1.29 is 4.79 Å².